The van der Waals surface area contributed by atoms with Crippen LogP contribution in [0.4, 0.5) is 0 Å². The topological polar surface area (TPSA) is 62.3 Å². The van der Waals surface area contributed by atoms with E-state index in [9.17, 15) is 4.79 Å². The largest absolute Gasteiger partial charge is 0.478 e. The highest BCUT2D eigenvalue weighted by molar-refractivity contribution is 5.99. The van der Waals surface area contributed by atoms with E-state index in [0.29, 0.717) is 5.57 Å². The van der Waals surface area contributed by atoms with Gasteiger partial charge in [0, 0.05) is 35.3 Å². The number of methoxy groups -OCH3 is 1. The van der Waals surface area contributed by atoms with Gasteiger partial charge in [-0.1, -0.05) is 18.2 Å². The third kappa shape index (κ3) is 2.28. The Morgan fingerprint density at radius 2 is 2.17 bits per heavy atom. The molecule has 4 nitrogen and oxygen atoms in total. The number of aryl methyl sites for hydroxylation is 1. The van der Waals surface area contributed by atoms with Crippen molar-refractivity contribution in [2.24, 2.45) is 0 Å². The smallest absolute Gasteiger partial charge is 0.328 e. The van der Waals surface area contributed by atoms with Gasteiger partial charge in [-0.2, -0.15) is 0 Å². The number of ether oxygens (including phenoxy) is 1. The van der Waals surface area contributed by atoms with Gasteiger partial charge in [0.2, 0.25) is 0 Å². The SMILES string of the molecule is COC/C(=C\C(=O)O)c1c(C)[nH]c2ccccc12. The van der Waals surface area contributed by atoms with Gasteiger partial charge in [-0.25, -0.2) is 4.79 Å². The summed E-state index contributed by atoms with van der Waals surface area (Å²) in [5.74, 6) is -0.966. The molecule has 0 aliphatic heterocycles. The molecule has 0 radical (unpaired) electrons. The van der Waals surface area contributed by atoms with E-state index in [1.54, 1.807) is 7.11 Å². The van der Waals surface area contributed by atoms with Gasteiger partial charge in [-0.3, -0.25) is 0 Å². The highest BCUT2D eigenvalue weighted by atomic mass is 16.5. The van der Waals surface area contributed by atoms with Crippen molar-refractivity contribution in [1.82, 2.24) is 4.98 Å². The van der Waals surface area contributed by atoms with E-state index in [1.165, 1.54) is 6.08 Å². The van der Waals surface area contributed by atoms with Gasteiger partial charge in [0.25, 0.3) is 0 Å². The number of carboxylic acid groups (broad SMARTS) is 1. The molecule has 94 valence electrons. The summed E-state index contributed by atoms with van der Waals surface area (Å²) < 4.78 is 5.09. The second-order valence-electron chi connectivity index (χ2n) is 4.11. The first-order chi connectivity index (χ1) is 8.63. The molecule has 0 atom stereocenters. The third-order valence-corrected chi connectivity index (χ3v) is 2.81. The molecule has 0 aliphatic rings. The van der Waals surface area contributed by atoms with E-state index in [0.717, 1.165) is 22.2 Å². The number of benzene rings is 1. The summed E-state index contributed by atoms with van der Waals surface area (Å²) in [4.78, 5) is 14.1. The van der Waals surface area contributed by atoms with Gasteiger partial charge in [0.05, 0.1) is 6.61 Å². The number of H-pyrrole nitrogens is 1. The first-order valence-corrected chi connectivity index (χ1v) is 5.63. The Bertz CT molecular complexity index is 611. The molecule has 2 aromatic rings. The lowest BCUT2D eigenvalue weighted by molar-refractivity contribution is -0.131. The number of aliphatic carboxylic acids is 1. The summed E-state index contributed by atoms with van der Waals surface area (Å²) in [6, 6.07) is 7.82. The van der Waals surface area contributed by atoms with Crippen LogP contribution in [0.3, 0.4) is 0 Å². The molecule has 0 bridgehead atoms. The van der Waals surface area contributed by atoms with Crippen LogP contribution >= 0.6 is 0 Å². The van der Waals surface area contributed by atoms with Crippen molar-refractivity contribution < 1.29 is 14.6 Å². The fraction of sp³-hybridized carbons (Fsp3) is 0.214. The maximum absolute atomic E-state index is 10.9. The Morgan fingerprint density at radius 3 is 2.83 bits per heavy atom. The summed E-state index contributed by atoms with van der Waals surface area (Å²) in [7, 11) is 1.56. The highest BCUT2D eigenvalue weighted by Crippen LogP contribution is 2.28. The average molecular weight is 245 g/mol. The zero-order valence-corrected chi connectivity index (χ0v) is 10.4. The molecule has 0 saturated heterocycles. The third-order valence-electron chi connectivity index (χ3n) is 2.81. The van der Waals surface area contributed by atoms with Crippen molar-refractivity contribution in [1.29, 1.82) is 0 Å². The summed E-state index contributed by atoms with van der Waals surface area (Å²) in [5.41, 5.74) is 3.52. The monoisotopic (exact) mass is 245 g/mol. The average Bonchev–Trinajstić information content (AvgIpc) is 2.63. The number of hydrogen-bond acceptors (Lipinski definition) is 2. The number of aromatic nitrogens is 1. The lowest BCUT2D eigenvalue weighted by Crippen LogP contribution is -1.99. The van der Waals surface area contributed by atoms with Crippen molar-refractivity contribution in [3.63, 3.8) is 0 Å². The van der Waals surface area contributed by atoms with Crippen molar-refractivity contribution in [2.45, 2.75) is 6.92 Å². The summed E-state index contributed by atoms with van der Waals surface area (Å²) in [6.45, 7) is 2.20. The number of nitrogens with one attached hydrogen (secondary N) is 1. The summed E-state index contributed by atoms with van der Waals surface area (Å²) in [6.07, 6.45) is 1.20. The zero-order valence-electron chi connectivity index (χ0n) is 10.4. The number of carboxylic acids is 1. The molecule has 1 aromatic heterocycles. The normalized spacial score (nSPS) is 12.0. The van der Waals surface area contributed by atoms with Gasteiger partial charge in [0.15, 0.2) is 0 Å². The highest BCUT2D eigenvalue weighted by Gasteiger charge is 2.13. The molecule has 2 N–H and O–H groups in total. The molecule has 2 rings (SSSR count). The molecule has 0 fully saturated rings. The fourth-order valence-electron chi connectivity index (χ4n) is 2.18. The number of hydrogen-bond donors (Lipinski definition) is 2. The first kappa shape index (κ1) is 12.4. The van der Waals surface area contributed by atoms with Crippen molar-refractivity contribution >= 4 is 22.4 Å². The van der Waals surface area contributed by atoms with Gasteiger partial charge < -0.3 is 14.8 Å². The second-order valence-corrected chi connectivity index (χ2v) is 4.11. The van der Waals surface area contributed by atoms with Crippen LogP contribution in [0.1, 0.15) is 11.3 Å². The van der Waals surface area contributed by atoms with Gasteiger partial charge in [-0.15, -0.1) is 0 Å². The molecule has 0 unspecified atom stereocenters. The maximum Gasteiger partial charge on any atom is 0.328 e. The van der Waals surface area contributed by atoms with Gasteiger partial charge in [-0.05, 0) is 18.6 Å². The lowest BCUT2D eigenvalue weighted by Gasteiger charge is -2.06. The maximum atomic E-state index is 10.9. The second kappa shape index (κ2) is 5.06. The van der Waals surface area contributed by atoms with E-state index >= 15 is 0 Å². The van der Waals surface area contributed by atoms with Crippen LogP contribution in [0.2, 0.25) is 0 Å². The zero-order chi connectivity index (χ0) is 13.1. The van der Waals surface area contributed by atoms with E-state index < -0.39 is 5.97 Å². The molecule has 18 heavy (non-hydrogen) atoms. The Hall–Kier alpha value is -2.07. The van der Waals surface area contributed by atoms with Crippen molar-refractivity contribution in [3.8, 4) is 0 Å². The Balaban J connectivity index is 2.63. The van der Waals surface area contributed by atoms with Crippen LogP contribution in [0.15, 0.2) is 30.3 Å². The van der Waals surface area contributed by atoms with Gasteiger partial charge in [0.1, 0.15) is 0 Å². The predicted molar refractivity (Wildman–Crippen MR) is 70.5 cm³/mol. The molecular weight excluding hydrogens is 230 g/mol. The van der Waals surface area contributed by atoms with Crippen molar-refractivity contribution in [2.75, 3.05) is 13.7 Å². The van der Waals surface area contributed by atoms with E-state index in [2.05, 4.69) is 4.98 Å². The standard InChI is InChI=1S/C14H15NO3/c1-9-14(10(8-18-2)7-13(16)17)11-5-3-4-6-12(11)15-9/h3-7,15H,8H2,1-2H3,(H,16,17)/b10-7+. The summed E-state index contributed by atoms with van der Waals surface area (Å²) >= 11 is 0. The quantitative estimate of drug-likeness (QED) is 0.814. The molecule has 0 saturated carbocycles. The van der Waals surface area contributed by atoms with Crippen LogP contribution < -0.4 is 0 Å². The Labute approximate surface area is 105 Å². The number of rotatable bonds is 4. The van der Waals surface area contributed by atoms with Crippen LogP contribution in [0, 0.1) is 6.92 Å². The lowest BCUT2D eigenvalue weighted by atomic mass is 10.0. The van der Waals surface area contributed by atoms with Crippen molar-refractivity contribution in [3.05, 3.63) is 41.6 Å². The van der Waals surface area contributed by atoms with Crippen LogP contribution in [0.25, 0.3) is 16.5 Å². The van der Waals surface area contributed by atoms with E-state index in [-0.39, 0.29) is 6.61 Å². The number of fused-ring (bicyclic) bond motifs is 1. The van der Waals surface area contributed by atoms with E-state index in [4.69, 9.17) is 9.84 Å². The minimum absolute atomic E-state index is 0.273. The Kier molecular flexibility index (Phi) is 3.48. The predicted octanol–water partition coefficient (Wildman–Crippen LogP) is 2.59. The number of carbonyl (C=O) groups is 1. The summed E-state index contributed by atoms with van der Waals surface area (Å²) in [5, 5.41) is 9.94. The minimum Gasteiger partial charge on any atom is -0.478 e. The minimum atomic E-state index is -0.966. The van der Waals surface area contributed by atoms with Crippen LogP contribution in [-0.2, 0) is 9.53 Å². The van der Waals surface area contributed by atoms with E-state index in [1.807, 2.05) is 31.2 Å². The van der Waals surface area contributed by atoms with Gasteiger partial charge >= 0.3 is 5.97 Å². The Morgan fingerprint density at radius 1 is 1.44 bits per heavy atom. The molecule has 0 amide bonds. The molecular formula is C14H15NO3. The number of para-hydroxylation sites is 1. The van der Waals surface area contributed by atoms with Crippen LogP contribution in [-0.4, -0.2) is 29.8 Å². The molecule has 1 heterocycles. The molecule has 4 heteroatoms. The molecule has 0 aliphatic carbocycles. The fourth-order valence-corrected chi connectivity index (χ4v) is 2.18. The van der Waals surface area contributed by atoms with Crippen LogP contribution in [0.5, 0.6) is 0 Å². The number of aromatic amines is 1. The molecule has 1 aromatic carbocycles. The molecule has 0 spiro atoms. The first-order valence-electron chi connectivity index (χ1n) is 5.63.